The van der Waals surface area contributed by atoms with E-state index >= 15 is 0 Å². The average Bonchev–Trinajstić information content (AvgIpc) is 2.93. The number of carboxylic acids is 1. The monoisotopic (exact) mass is 300 g/mol. The fourth-order valence-electron chi connectivity index (χ4n) is 2.89. The van der Waals surface area contributed by atoms with Crippen molar-refractivity contribution in [3.8, 4) is 0 Å². The van der Waals surface area contributed by atoms with Crippen LogP contribution < -0.4 is 4.90 Å². The maximum atomic E-state index is 11.0. The van der Waals surface area contributed by atoms with E-state index in [2.05, 4.69) is 21.2 Å². The summed E-state index contributed by atoms with van der Waals surface area (Å²) >= 11 is 0. The fraction of sp³-hybridized carbons (Fsp3) is 0.438. The van der Waals surface area contributed by atoms with Crippen molar-refractivity contribution in [1.29, 1.82) is 0 Å². The Balaban J connectivity index is 1.59. The van der Waals surface area contributed by atoms with Gasteiger partial charge >= 0.3 is 5.97 Å². The van der Waals surface area contributed by atoms with Gasteiger partial charge in [0.15, 0.2) is 5.69 Å². The van der Waals surface area contributed by atoms with Gasteiger partial charge in [-0.3, -0.25) is 4.68 Å². The van der Waals surface area contributed by atoms with Crippen LogP contribution in [-0.2, 0) is 6.54 Å². The van der Waals surface area contributed by atoms with Gasteiger partial charge in [-0.15, -0.1) is 0 Å². The molecule has 0 atom stereocenters. The molecule has 0 aromatic carbocycles. The van der Waals surface area contributed by atoms with E-state index < -0.39 is 5.97 Å². The van der Waals surface area contributed by atoms with Crippen LogP contribution >= 0.6 is 0 Å². The zero-order valence-corrected chi connectivity index (χ0v) is 12.6. The standard InChI is InChI=1S/C16H20N4O2/c1-12-9-17-20(10-12)11-13-5-7-19(8-6-13)15-4-2-3-14(18-15)16(21)22/h2-4,9-10,13H,5-8,11H2,1H3,(H,21,22). The molecule has 2 aromatic rings. The highest BCUT2D eigenvalue weighted by atomic mass is 16.4. The zero-order valence-electron chi connectivity index (χ0n) is 12.6. The predicted octanol–water partition coefficient (Wildman–Crippen LogP) is 2.20. The molecule has 1 aliphatic heterocycles. The van der Waals surface area contributed by atoms with Crippen LogP contribution in [0.3, 0.4) is 0 Å². The molecule has 1 N–H and O–H groups in total. The first kappa shape index (κ1) is 14.6. The van der Waals surface area contributed by atoms with Gasteiger partial charge in [-0.25, -0.2) is 9.78 Å². The number of piperidine rings is 1. The fourth-order valence-corrected chi connectivity index (χ4v) is 2.89. The molecule has 116 valence electrons. The molecule has 6 nitrogen and oxygen atoms in total. The molecule has 0 saturated carbocycles. The van der Waals surface area contributed by atoms with Crippen molar-refractivity contribution < 1.29 is 9.90 Å². The van der Waals surface area contributed by atoms with E-state index in [1.807, 2.05) is 23.9 Å². The Kier molecular flexibility index (Phi) is 4.09. The smallest absolute Gasteiger partial charge is 0.354 e. The first-order valence-corrected chi connectivity index (χ1v) is 7.56. The zero-order chi connectivity index (χ0) is 15.5. The molecule has 3 rings (SSSR count). The molecule has 0 unspecified atom stereocenters. The third-order valence-electron chi connectivity index (χ3n) is 4.10. The van der Waals surface area contributed by atoms with E-state index in [-0.39, 0.29) is 5.69 Å². The molecule has 0 amide bonds. The van der Waals surface area contributed by atoms with E-state index in [1.54, 1.807) is 6.07 Å². The largest absolute Gasteiger partial charge is 0.477 e. The maximum absolute atomic E-state index is 11.0. The number of rotatable bonds is 4. The molecular formula is C16H20N4O2. The van der Waals surface area contributed by atoms with E-state index in [9.17, 15) is 4.79 Å². The number of carbonyl (C=O) groups is 1. The second-order valence-electron chi connectivity index (χ2n) is 5.86. The Bertz CT molecular complexity index is 660. The Morgan fingerprint density at radius 3 is 2.77 bits per heavy atom. The molecule has 6 heteroatoms. The summed E-state index contributed by atoms with van der Waals surface area (Å²) < 4.78 is 2.01. The van der Waals surface area contributed by atoms with Crippen molar-refractivity contribution in [3.05, 3.63) is 41.9 Å². The first-order valence-electron chi connectivity index (χ1n) is 7.56. The SMILES string of the molecule is Cc1cnn(CC2CCN(c3cccc(C(=O)O)n3)CC2)c1. The van der Waals surface area contributed by atoms with Crippen LogP contribution in [0.1, 0.15) is 28.9 Å². The minimum atomic E-state index is -0.981. The third-order valence-corrected chi connectivity index (χ3v) is 4.10. The van der Waals surface area contributed by atoms with Crippen molar-refractivity contribution in [1.82, 2.24) is 14.8 Å². The lowest BCUT2D eigenvalue weighted by Crippen LogP contribution is -2.35. The van der Waals surface area contributed by atoms with Gasteiger partial charge in [0.25, 0.3) is 0 Å². The molecule has 0 aliphatic carbocycles. The topological polar surface area (TPSA) is 71.2 Å². The minimum absolute atomic E-state index is 0.103. The summed E-state index contributed by atoms with van der Waals surface area (Å²) in [4.78, 5) is 17.4. The lowest BCUT2D eigenvalue weighted by atomic mass is 9.97. The highest BCUT2D eigenvalue weighted by molar-refractivity contribution is 5.85. The van der Waals surface area contributed by atoms with Gasteiger partial charge in [-0.1, -0.05) is 6.07 Å². The van der Waals surface area contributed by atoms with Crippen LogP contribution in [0.15, 0.2) is 30.6 Å². The van der Waals surface area contributed by atoms with Gasteiger partial charge in [0.2, 0.25) is 0 Å². The highest BCUT2D eigenvalue weighted by Gasteiger charge is 2.21. The summed E-state index contributed by atoms with van der Waals surface area (Å²) in [6.07, 6.45) is 6.09. The van der Waals surface area contributed by atoms with E-state index in [0.717, 1.165) is 38.3 Å². The van der Waals surface area contributed by atoms with Crippen LogP contribution in [0.2, 0.25) is 0 Å². The third kappa shape index (κ3) is 3.27. The number of hydrogen-bond acceptors (Lipinski definition) is 4. The van der Waals surface area contributed by atoms with Crippen LogP contribution in [0.4, 0.5) is 5.82 Å². The quantitative estimate of drug-likeness (QED) is 0.937. The van der Waals surface area contributed by atoms with Gasteiger partial charge in [0.05, 0.1) is 6.20 Å². The summed E-state index contributed by atoms with van der Waals surface area (Å²) in [6.45, 7) is 4.81. The number of anilines is 1. The van der Waals surface area contributed by atoms with Crippen molar-refractivity contribution in [2.24, 2.45) is 5.92 Å². The Morgan fingerprint density at radius 2 is 2.14 bits per heavy atom. The highest BCUT2D eigenvalue weighted by Crippen LogP contribution is 2.23. The summed E-state index contributed by atoms with van der Waals surface area (Å²) in [7, 11) is 0. The van der Waals surface area contributed by atoms with E-state index in [1.165, 1.54) is 11.6 Å². The number of hydrogen-bond donors (Lipinski definition) is 1. The van der Waals surface area contributed by atoms with Crippen LogP contribution in [0.5, 0.6) is 0 Å². The molecule has 0 spiro atoms. The molecule has 0 radical (unpaired) electrons. The lowest BCUT2D eigenvalue weighted by molar-refractivity contribution is 0.0690. The first-order chi connectivity index (χ1) is 10.6. The number of aryl methyl sites for hydroxylation is 1. The maximum Gasteiger partial charge on any atom is 0.354 e. The number of aromatic carboxylic acids is 1. The number of carboxylic acid groups (broad SMARTS) is 1. The Labute approximate surface area is 129 Å². The second-order valence-corrected chi connectivity index (χ2v) is 5.86. The average molecular weight is 300 g/mol. The molecular weight excluding hydrogens is 280 g/mol. The lowest BCUT2D eigenvalue weighted by Gasteiger charge is -2.32. The number of aromatic nitrogens is 3. The number of nitrogens with zero attached hydrogens (tertiary/aromatic N) is 4. The predicted molar refractivity (Wildman–Crippen MR) is 83.1 cm³/mol. The molecule has 2 aromatic heterocycles. The Morgan fingerprint density at radius 1 is 1.36 bits per heavy atom. The van der Waals surface area contributed by atoms with Gasteiger partial charge in [-0.05, 0) is 43.4 Å². The van der Waals surface area contributed by atoms with E-state index in [4.69, 9.17) is 5.11 Å². The van der Waals surface area contributed by atoms with Gasteiger partial charge in [0.1, 0.15) is 5.82 Å². The van der Waals surface area contributed by atoms with Gasteiger partial charge in [0, 0.05) is 25.8 Å². The van der Waals surface area contributed by atoms with Crippen molar-refractivity contribution >= 4 is 11.8 Å². The van der Waals surface area contributed by atoms with Crippen LogP contribution in [0, 0.1) is 12.8 Å². The summed E-state index contributed by atoms with van der Waals surface area (Å²) in [5.74, 6) is 0.386. The van der Waals surface area contributed by atoms with Crippen LogP contribution in [0.25, 0.3) is 0 Å². The molecule has 1 fully saturated rings. The second kappa shape index (κ2) is 6.17. The minimum Gasteiger partial charge on any atom is -0.477 e. The number of pyridine rings is 1. The van der Waals surface area contributed by atoms with Gasteiger partial charge < -0.3 is 10.0 Å². The van der Waals surface area contributed by atoms with E-state index in [0.29, 0.717) is 5.92 Å². The summed E-state index contributed by atoms with van der Waals surface area (Å²) in [5.41, 5.74) is 1.29. The normalized spacial score (nSPS) is 16.0. The van der Waals surface area contributed by atoms with Crippen molar-refractivity contribution in [2.75, 3.05) is 18.0 Å². The van der Waals surface area contributed by atoms with Crippen molar-refractivity contribution in [3.63, 3.8) is 0 Å². The molecule has 0 bridgehead atoms. The van der Waals surface area contributed by atoms with Gasteiger partial charge in [-0.2, -0.15) is 5.10 Å². The molecule has 22 heavy (non-hydrogen) atoms. The van der Waals surface area contributed by atoms with Crippen molar-refractivity contribution in [2.45, 2.75) is 26.3 Å². The summed E-state index contributed by atoms with van der Waals surface area (Å²) in [5, 5.41) is 13.4. The van der Waals surface area contributed by atoms with Crippen LogP contribution in [-0.4, -0.2) is 38.9 Å². The molecule has 3 heterocycles. The molecule has 1 aliphatic rings. The molecule has 1 saturated heterocycles. The Hall–Kier alpha value is -2.37. The summed E-state index contributed by atoms with van der Waals surface area (Å²) in [6, 6.07) is 5.16.